The molecule has 0 saturated carbocycles. The molecular formula is C30H25BrN4O3. The molecule has 0 unspecified atom stereocenters. The average Bonchev–Trinajstić information content (AvgIpc) is 3.49. The van der Waals surface area contributed by atoms with Gasteiger partial charge in [-0.3, -0.25) is 24.3 Å². The molecule has 1 spiro atoms. The molecule has 190 valence electrons. The normalized spacial score (nSPS) is 25.5. The number of imide groups is 1. The molecule has 7 nitrogen and oxygen atoms in total. The van der Waals surface area contributed by atoms with Gasteiger partial charge in [0.05, 0.1) is 34.1 Å². The Labute approximate surface area is 227 Å². The summed E-state index contributed by atoms with van der Waals surface area (Å²) in [5.41, 5.74) is 2.30. The van der Waals surface area contributed by atoms with Crippen molar-refractivity contribution < 1.29 is 9.59 Å². The lowest BCUT2D eigenvalue weighted by Gasteiger charge is -2.32. The van der Waals surface area contributed by atoms with E-state index in [4.69, 9.17) is 4.98 Å². The van der Waals surface area contributed by atoms with Crippen LogP contribution in [0.5, 0.6) is 0 Å². The van der Waals surface area contributed by atoms with Gasteiger partial charge in [-0.05, 0) is 64.7 Å². The predicted octanol–water partition coefficient (Wildman–Crippen LogP) is 4.45. The maximum absolute atomic E-state index is 14.5. The van der Waals surface area contributed by atoms with Gasteiger partial charge >= 0.3 is 0 Å². The van der Waals surface area contributed by atoms with Gasteiger partial charge in [0.2, 0.25) is 11.8 Å². The van der Waals surface area contributed by atoms with Gasteiger partial charge in [0, 0.05) is 16.1 Å². The molecule has 8 heteroatoms. The number of rotatable bonds is 2. The van der Waals surface area contributed by atoms with Crippen molar-refractivity contribution in [1.82, 2.24) is 14.9 Å². The number of aromatic nitrogens is 2. The summed E-state index contributed by atoms with van der Waals surface area (Å²) in [6, 6.07) is 20.2. The molecule has 1 aromatic heterocycles. The van der Waals surface area contributed by atoms with Gasteiger partial charge in [-0.2, -0.15) is 0 Å². The second-order valence-electron chi connectivity index (χ2n) is 10.8. The number of nitrogens with one attached hydrogen (secondary N) is 1. The standard InChI is InChI=1S/C30H25BrN4O3/c1-15(2)25-23-24(28(38)34(27(23)37)22-13-12-16(3)14-19(22)31)30(33-25)18-9-5-7-11-21(18)35-26(36)17-8-4-6-10-20(17)32-29(30)35/h4-15,23-25,33H,1-3H3/t23-,24-,25+,30-/m1/s1. The largest absolute Gasteiger partial charge is 0.296 e. The highest BCUT2D eigenvalue weighted by Crippen LogP contribution is 2.56. The van der Waals surface area contributed by atoms with E-state index < -0.39 is 17.4 Å². The molecule has 2 fully saturated rings. The van der Waals surface area contributed by atoms with Crippen molar-refractivity contribution in [3.8, 4) is 5.69 Å². The number of anilines is 1. The lowest BCUT2D eigenvalue weighted by atomic mass is 9.75. The summed E-state index contributed by atoms with van der Waals surface area (Å²) in [7, 11) is 0. The first-order valence-corrected chi connectivity index (χ1v) is 13.6. The van der Waals surface area contributed by atoms with Gasteiger partial charge in [0.25, 0.3) is 5.56 Å². The fourth-order valence-corrected chi connectivity index (χ4v) is 7.43. The van der Waals surface area contributed by atoms with E-state index in [0.29, 0.717) is 32.6 Å². The molecule has 2 amide bonds. The van der Waals surface area contributed by atoms with Crippen LogP contribution in [0, 0.1) is 24.7 Å². The van der Waals surface area contributed by atoms with Crippen molar-refractivity contribution in [2.24, 2.45) is 17.8 Å². The number of carbonyl (C=O) groups is 2. The summed E-state index contributed by atoms with van der Waals surface area (Å²) in [5, 5.41) is 4.24. The Morgan fingerprint density at radius 1 is 0.947 bits per heavy atom. The fraction of sp³-hybridized carbons (Fsp3) is 0.267. The van der Waals surface area contributed by atoms with Crippen molar-refractivity contribution in [2.75, 3.05) is 4.90 Å². The van der Waals surface area contributed by atoms with Gasteiger partial charge in [-0.25, -0.2) is 9.88 Å². The molecule has 4 atom stereocenters. The van der Waals surface area contributed by atoms with Crippen molar-refractivity contribution >= 4 is 44.3 Å². The van der Waals surface area contributed by atoms with Crippen LogP contribution in [0.4, 0.5) is 5.69 Å². The highest BCUT2D eigenvalue weighted by Gasteiger charge is 2.70. The Morgan fingerprint density at radius 2 is 1.68 bits per heavy atom. The molecule has 4 aromatic rings. The van der Waals surface area contributed by atoms with Crippen LogP contribution in [0.2, 0.25) is 0 Å². The smallest absolute Gasteiger partial charge is 0.266 e. The van der Waals surface area contributed by atoms with E-state index >= 15 is 0 Å². The third-order valence-electron chi connectivity index (χ3n) is 8.36. The summed E-state index contributed by atoms with van der Waals surface area (Å²) in [4.78, 5) is 48.8. The lowest BCUT2D eigenvalue weighted by molar-refractivity contribution is -0.123. The molecule has 2 saturated heterocycles. The Kier molecular flexibility index (Phi) is 4.91. The Bertz CT molecular complexity index is 1760. The summed E-state index contributed by atoms with van der Waals surface area (Å²) >= 11 is 3.58. The number of benzene rings is 3. The minimum atomic E-state index is -1.13. The third kappa shape index (κ3) is 2.82. The lowest BCUT2D eigenvalue weighted by Crippen LogP contribution is -2.51. The predicted molar refractivity (Wildman–Crippen MR) is 148 cm³/mol. The minimum absolute atomic E-state index is 0.0495. The molecule has 0 radical (unpaired) electrons. The van der Waals surface area contributed by atoms with Crippen molar-refractivity contribution in [3.05, 3.63) is 98.5 Å². The maximum Gasteiger partial charge on any atom is 0.266 e. The molecule has 0 bridgehead atoms. The first kappa shape index (κ1) is 23.5. The molecule has 3 aliphatic rings. The molecule has 7 rings (SSSR count). The molecule has 4 heterocycles. The minimum Gasteiger partial charge on any atom is -0.296 e. The van der Waals surface area contributed by atoms with E-state index in [1.807, 2.05) is 67.6 Å². The molecule has 3 aromatic carbocycles. The van der Waals surface area contributed by atoms with Crippen LogP contribution in [0.1, 0.15) is 30.8 Å². The topological polar surface area (TPSA) is 84.3 Å². The molecule has 3 aliphatic heterocycles. The number of para-hydroxylation sites is 2. The van der Waals surface area contributed by atoms with Gasteiger partial charge < -0.3 is 0 Å². The summed E-state index contributed by atoms with van der Waals surface area (Å²) < 4.78 is 2.32. The van der Waals surface area contributed by atoms with E-state index in [1.165, 1.54) is 4.90 Å². The summed E-state index contributed by atoms with van der Waals surface area (Å²) in [6.07, 6.45) is 0. The second kappa shape index (κ2) is 7.94. The van der Waals surface area contributed by atoms with Gasteiger partial charge in [-0.1, -0.05) is 50.2 Å². The average molecular weight is 569 g/mol. The highest BCUT2D eigenvalue weighted by molar-refractivity contribution is 9.10. The number of nitrogens with zero attached hydrogens (tertiary/aromatic N) is 3. The van der Waals surface area contributed by atoms with E-state index in [1.54, 1.807) is 10.6 Å². The van der Waals surface area contributed by atoms with E-state index in [9.17, 15) is 14.4 Å². The van der Waals surface area contributed by atoms with Crippen LogP contribution in [0.3, 0.4) is 0 Å². The Hall–Kier alpha value is -3.62. The van der Waals surface area contributed by atoms with Crippen LogP contribution in [-0.2, 0) is 15.1 Å². The molecule has 1 N–H and O–H groups in total. The van der Waals surface area contributed by atoms with E-state index in [-0.39, 0.29) is 29.3 Å². The number of aryl methyl sites for hydroxylation is 1. The van der Waals surface area contributed by atoms with E-state index in [0.717, 1.165) is 11.1 Å². The number of fused-ring (bicyclic) bond motifs is 8. The second-order valence-corrected chi connectivity index (χ2v) is 11.7. The van der Waals surface area contributed by atoms with Crippen LogP contribution >= 0.6 is 15.9 Å². The molecule has 0 aliphatic carbocycles. The Morgan fingerprint density at radius 3 is 2.45 bits per heavy atom. The zero-order valence-corrected chi connectivity index (χ0v) is 22.7. The zero-order chi connectivity index (χ0) is 26.5. The Balaban J connectivity index is 1.53. The first-order chi connectivity index (χ1) is 18.3. The summed E-state index contributed by atoms with van der Waals surface area (Å²) in [6.45, 7) is 6.07. The van der Waals surface area contributed by atoms with Crippen molar-refractivity contribution in [1.29, 1.82) is 0 Å². The van der Waals surface area contributed by atoms with Crippen LogP contribution < -0.4 is 15.8 Å². The number of amides is 2. The third-order valence-corrected chi connectivity index (χ3v) is 8.99. The van der Waals surface area contributed by atoms with Crippen LogP contribution in [0.15, 0.2) is 76.0 Å². The monoisotopic (exact) mass is 568 g/mol. The van der Waals surface area contributed by atoms with Crippen molar-refractivity contribution in [3.63, 3.8) is 0 Å². The number of carbonyl (C=O) groups excluding carboxylic acids is 2. The first-order valence-electron chi connectivity index (χ1n) is 12.8. The number of halogens is 1. The van der Waals surface area contributed by atoms with Crippen LogP contribution in [-0.4, -0.2) is 27.4 Å². The summed E-state index contributed by atoms with van der Waals surface area (Å²) in [5.74, 6) is -1.38. The highest BCUT2D eigenvalue weighted by atomic mass is 79.9. The fourth-order valence-electron chi connectivity index (χ4n) is 6.76. The number of hydrogen-bond acceptors (Lipinski definition) is 5. The van der Waals surface area contributed by atoms with Crippen molar-refractivity contribution in [2.45, 2.75) is 32.4 Å². The van der Waals surface area contributed by atoms with Gasteiger partial charge in [-0.15, -0.1) is 0 Å². The van der Waals surface area contributed by atoms with E-state index in [2.05, 4.69) is 35.1 Å². The SMILES string of the molecule is Cc1ccc(N2C(=O)[C@H]3[C@H](C(C)C)N[C@]4(c5ccccc5-n5c4nc4ccccc4c5=O)[C@H]3C2=O)c(Br)c1. The molecule has 38 heavy (non-hydrogen) atoms. The number of hydrogen-bond donors (Lipinski definition) is 1. The quantitative estimate of drug-likeness (QED) is 0.361. The zero-order valence-electron chi connectivity index (χ0n) is 21.1. The molecular weight excluding hydrogens is 544 g/mol. The van der Waals surface area contributed by atoms with Crippen LogP contribution in [0.25, 0.3) is 16.6 Å². The van der Waals surface area contributed by atoms with Gasteiger partial charge in [0.15, 0.2) is 0 Å². The van der Waals surface area contributed by atoms with Gasteiger partial charge in [0.1, 0.15) is 11.4 Å². The maximum atomic E-state index is 14.5.